The van der Waals surface area contributed by atoms with Crippen LogP contribution in [-0.2, 0) is 0 Å². The van der Waals surface area contributed by atoms with Gasteiger partial charge in [0.2, 0.25) is 0 Å². The van der Waals surface area contributed by atoms with Crippen molar-refractivity contribution in [3.8, 4) is 6.07 Å². The fourth-order valence-electron chi connectivity index (χ4n) is 1.55. The van der Waals surface area contributed by atoms with Gasteiger partial charge in [0.05, 0.1) is 6.07 Å². The lowest BCUT2D eigenvalue weighted by Crippen LogP contribution is -1.93. The van der Waals surface area contributed by atoms with Gasteiger partial charge in [-0.15, -0.1) is 0 Å². The van der Waals surface area contributed by atoms with Gasteiger partial charge >= 0.3 is 0 Å². The molecule has 0 bridgehead atoms. The predicted octanol–water partition coefficient (Wildman–Crippen LogP) is 3.18. The highest BCUT2D eigenvalue weighted by Crippen LogP contribution is 2.22. The van der Waals surface area contributed by atoms with Crippen molar-refractivity contribution in [1.82, 2.24) is 0 Å². The van der Waals surface area contributed by atoms with Gasteiger partial charge in [0, 0.05) is 6.42 Å². The largest absolute Gasteiger partial charge is 0.198 e. The van der Waals surface area contributed by atoms with Crippen molar-refractivity contribution in [2.45, 2.75) is 44.9 Å². The van der Waals surface area contributed by atoms with Crippen molar-refractivity contribution < 1.29 is 0 Å². The molecular weight excluding hydrogens is 134 g/mol. The molecular formula is C10H15N. The molecule has 0 aliphatic heterocycles. The van der Waals surface area contributed by atoms with Crippen LogP contribution in [-0.4, -0.2) is 0 Å². The van der Waals surface area contributed by atoms with Crippen molar-refractivity contribution in [2.75, 3.05) is 0 Å². The van der Waals surface area contributed by atoms with E-state index in [1.807, 2.05) is 0 Å². The highest BCUT2D eigenvalue weighted by Gasteiger charge is 2.03. The molecule has 1 saturated carbocycles. The molecule has 0 atom stereocenters. The number of unbranched alkanes of at least 4 members (excludes halogenated alkanes) is 1. The van der Waals surface area contributed by atoms with Gasteiger partial charge in [-0.1, -0.05) is 18.1 Å². The summed E-state index contributed by atoms with van der Waals surface area (Å²) >= 11 is 0. The molecule has 1 heteroatoms. The molecule has 0 saturated heterocycles. The first kappa shape index (κ1) is 8.33. The van der Waals surface area contributed by atoms with Crippen LogP contribution in [0.15, 0.2) is 11.6 Å². The molecule has 11 heavy (non-hydrogen) atoms. The summed E-state index contributed by atoms with van der Waals surface area (Å²) in [5.74, 6) is 0. The maximum Gasteiger partial charge on any atom is 0.0625 e. The molecule has 0 spiro atoms. The maximum absolute atomic E-state index is 8.32. The van der Waals surface area contributed by atoms with E-state index in [4.69, 9.17) is 5.26 Å². The second-order valence-electron chi connectivity index (χ2n) is 3.12. The Morgan fingerprint density at radius 3 is 2.64 bits per heavy atom. The maximum atomic E-state index is 8.32. The molecule has 0 aromatic heterocycles. The SMILES string of the molecule is N#CCCC=C1CCCCC1. The van der Waals surface area contributed by atoms with Crippen LogP contribution in [0.4, 0.5) is 0 Å². The van der Waals surface area contributed by atoms with Gasteiger partial charge in [-0.05, 0) is 32.1 Å². The predicted molar refractivity (Wildman–Crippen MR) is 46.0 cm³/mol. The summed E-state index contributed by atoms with van der Waals surface area (Å²) in [6.45, 7) is 0. The van der Waals surface area contributed by atoms with E-state index in [0.29, 0.717) is 6.42 Å². The third-order valence-electron chi connectivity index (χ3n) is 2.18. The Labute approximate surface area is 68.7 Å². The zero-order valence-electron chi connectivity index (χ0n) is 6.97. The highest BCUT2D eigenvalue weighted by atomic mass is 14.2. The first-order valence-electron chi connectivity index (χ1n) is 4.48. The van der Waals surface area contributed by atoms with E-state index in [1.54, 1.807) is 5.57 Å². The minimum absolute atomic E-state index is 0.684. The van der Waals surface area contributed by atoms with Gasteiger partial charge in [0.15, 0.2) is 0 Å². The average Bonchev–Trinajstić information content (AvgIpc) is 2.07. The van der Waals surface area contributed by atoms with E-state index in [9.17, 15) is 0 Å². The Balaban J connectivity index is 2.22. The molecule has 1 nitrogen and oxygen atoms in total. The van der Waals surface area contributed by atoms with E-state index >= 15 is 0 Å². The lowest BCUT2D eigenvalue weighted by atomic mass is 9.94. The van der Waals surface area contributed by atoms with Crippen LogP contribution in [0.25, 0.3) is 0 Å². The van der Waals surface area contributed by atoms with Crippen LogP contribution in [0.1, 0.15) is 44.9 Å². The van der Waals surface area contributed by atoms with Gasteiger partial charge in [0.1, 0.15) is 0 Å². The molecule has 0 amide bonds. The molecule has 0 heterocycles. The van der Waals surface area contributed by atoms with Crippen LogP contribution in [0.2, 0.25) is 0 Å². The summed E-state index contributed by atoms with van der Waals surface area (Å²) in [6.07, 6.45) is 10.6. The Bertz CT molecular complexity index is 166. The number of allylic oxidation sites excluding steroid dienone is 2. The van der Waals surface area contributed by atoms with E-state index in [0.717, 1.165) is 6.42 Å². The zero-order valence-corrected chi connectivity index (χ0v) is 6.97. The molecule has 0 N–H and O–H groups in total. The Morgan fingerprint density at radius 2 is 2.00 bits per heavy atom. The summed E-state index contributed by atoms with van der Waals surface area (Å²) in [6, 6.07) is 2.16. The van der Waals surface area contributed by atoms with Gasteiger partial charge in [-0.2, -0.15) is 5.26 Å². The van der Waals surface area contributed by atoms with Crippen molar-refractivity contribution in [1.29, 1.82) is 5.26 Å². The van der Waals surface area contributed by atoms with Gasteiger partial charge < -0.3 is 0 Å². The average molecular weight is 149 g/mol. The van der Waals surface area contributed by atoms with E-state index < -0.39 is 0 Å². The third-order valence-corrected chi connectivity index (χ3v) is 2.18. The summed E-state index contributed by atoms with van der Waals surface area (Å²) in [7, 11) is 0. The first-order chi connectivity index (χ1) is 5.43. The fourth-order valence-corrected chi connectivity index (χ4v) is 1.55. The fraction of sp³-hybridized carbons (Fsp3) is 0.700. The Morgan fingerprint density at radius 1 is 1.27 bits per heavy atom. The van der Waals surface area contributed by atoms with Crippen LogP contribution >= 0.6 is 0 Å². The van der Waals surface area contributed by atoms with E-state index in [1.165, 1.54) is 32.1 Å². The first-order valence-corrected chi connectivity index (χ1v) is 4.48. The second-order valence-corrected chi connectivity index (χ2v) is 3.12. The quantitative estimate of drug-likeness (QED) is 0.437. The van der Waals surface area contributed by atoms with E-state index in [-0.39, 0.29) is 0 Å². The van der Waals surface area contributed by atoms with Crippen LogP contribution < -0.4 is 0 Å². The summed E-state index contributed by atoms with van der Waals surface area (Å²) in [5, 5.41) is 8.32. The zero-order chi connectivity index (χ0) is 7.94. The number of rotatable bonds is 2. The van der Waals surface area contributed by atoms with Gasteiger partial charge in [-0.3, -0.25) is 0 Å². The van der Waals surface area contributed by atoms with Crippen molar-refractivity contribution in [3.05, 3.63) is 11.6 Å². The van der Waals surface area contributed by atoms with Crippen LogP contribution in [0.5, 0.6) is 0 Å². The lowest BCUT2D eigenvalue weighted by Gasteiger charge is -2.12. The monoisotopic (exact) mass is 149 g/mol. The molecule has 60 valence electrons. The van der Waals surface area contributed by atoms with Crippen molar-refractivity contribution in [3.63, 3.8) is 0 Å². The number of nitrogens with zero attached hydrogens (tertiary/aromatic N) is 1. The molecule has 0 unspecified atom stereocenters. The number of nitriles is 1. The van der Waals surface area contributed by atoms with Crippen LogP contribution in [0.3, 0.4) is 0 Å². The highest BCUT2D eigenvalue weighted by molar-refractivity contribution is 5.04. The van der Waals surface area contributed by atoms with Gasteiger partial charge in [-0.25, -0.2) is 0 Å². The Hall–Kier alpha value is -0.770. The molecule has 0 radical (unpaired) electrons. The van der Waals surface area contributed by atoms with Crippen LogP contribution in [0, 0.1) is 11.3 Å². The standard InChI is InChI=1S/C10H15N/c11-9-5-4-8-10-6-2-1-3-7-10/h8H,1-7H2. The molecule has 1 fully saturated rings. The number of hydrogen-bond acceptors (Lipinski definition) is 1. The molecule has 1 rings (SSSR count). The summed E-state index contributed by atoms with van der Waals surface area (Å²) in [4.78, 5) is 0. The molecule has 0 aromatic rings. The second kappa shape index (κ2) is 4.96. The lowest BCUT2D eigenvalue weighted by molar-refractivity contribution is 0.596. The van der Waals surface area contributed by atoms with E-state index in [2.05, 4.69) is 12.1 Å². The topological polar surface area (TPSA) is 23.8 Å². The minimum atomic E-state index is 0.684. The molecule has 1 aliphatic carbocycles. The summed E-state index contributed by atoms with van der Waals surface area (Å²) < 4.78 is 0. The van der Waals surface area contributed by atoms with Gasteiger partial charge in [0.25, 0.3) is 0 Å². The third kappa shape index (κ3) is 3.23. The molecule has 1 aliphatic rings. The van der Waals surface area contributed by atoms with Crippen molar-refractivity contribution >= 4 is 0 Å². The Kier molecular flexibility index (Phi) is 3.75. The summed E-state index contributed by atoms with van der Waals surface area (Å²) in [5.41, 5.74) is 1.59. The smallest absolute Gasteiger partial charge is 0.0625 e. The van der Waals surface area contributed by atoms with Crippen molar-refractivity contribution in [2.24, 2.45) is 0 Å². The molecule has 0 aromatic carbocycles. The normalized spacial score (nSPS) is 17.5. The minimum Gasteiger partial charge on any atom is -0.198 e. The number of hydrogen-bond donors (Lipinski definition) is 0.